The topological polar surface area (TPSA) is 49.9 Å². The summed E-state index contributed by atoms with van der Waals surface area (Å²) in [6.07, 6.45) is 1.94. The van der Waals surface area contributed by atoms with E-state index in [0.29, 0.717) is 0 Å². The maximum absolute atomic E-state index is 13.5. The van der Waals surface area contributed by atoms with Gasteiger partial charge in [-0.2, -0.15) is 0 Å². The fraction of sp³-hybridized carbons (Fsp3) is 0.417. The van der Waals surface area contributed by atoms with Crippen LogP contribution >= 0.6 is 0 Å². The molecule has 1 atom stereocenters. The molecule has 2 aliphatic rings. The van der Waals surface area contributed by atoms with Crippen LogP contribution in [0.2, 0.25) is 0 Å². The van der Waals surface area contributed by atoms with Gasteiger partial charge in [0.25, 0.3) is 0 Å². The second-order valence-corrected chi connectivity index (χ2v) is 8.27. The molecule has 1 saturated heterocycles. The van der Waals surface area contributed by atoms with Crippen molar-refractivity contribution in [1.82, 2.24) is 4.90 Å². The predicted octanol–water partition coefficient (Wildman–Crippen LogP) is 3.52. The fourth-order valence-corrected chi connectivity index (χ4v) is 4.71. The average molecular weight is 392 g/mol. The fourth-order valence-electron chi connectivity index (χ4n) is 4.71. The zero-order chi connectivity index (χ0) is 20.4. The highest BCUT2D eigenvalue weighted by atomic mass is 16.5. The summed E-state index contributed by atoms with van der Waals surface area (Å²) >= 11 is 0. The molecule has 5 nitrogen and oxygen atoms in total. The van der Waals surface area contributed by atoms with Crippen molar-refractivity contribution in [3.05, 3.63) is 65.7 Å². The Kier molecular flexibility index (Phi) is 5.41. The Morgan fingerprint density at radius 3 is 2.41 bits per heavy atom. The molecule has 1 fully saturated rings. The van der Waals surface area contributed by atoms with Gasteiger partial charge in [0.05, 0.1) is 18.9 Å². The van der Waals surface area contributed by atoms with Crippen LogP contribution in [0.15, 0.2) is 54.6 Å². The van der Waals surface area contributed by atoms with Gasteiger partial charge in [0.2, 0.25) is 5.91 Å². The van der Waals surface area contributed by atoms with E-state index in [9.17, 15) is 9.59 Å². The quantitative estimate of drug-likeness (QED) is 0.731. The van der Waals surface area contributed by atoms with E-state index in [0.717, 1.165) is 43.7 Å². The number of piperidine rings is 1. The van der Waals surface area contributed by atoms with Gasteiger partial charge in [-0.1, -0.05) is 48.5 Å². The minimum Gasteiger partial charge on any atom is -0.469 e. The van der Waals surface area contributed by atoms with Crippen LogP contribution < -0.4 is 4.90 Å². The van der Waals surface area contributed by atoms with E-state index in [1.165, 1.54) is 12.7 Å². The van der Waals surface area contributed by atoms with E-state index in [2.05, 4.69) is 29.2 Å². The van der Waals surface area contributed by atoms with Crippen molar-refractivity contribution >= 4 is 17.6 Å². The van der Waals surface area contributed by atoms with Crippen molar-refractivity contribution in [3.8, 4) is 0 Å². The molecule has 29 heavy (non-hydrogen) atoms. The van der Waals surface area contributed by atoms with Crippen LogP contribution in [-0.2, 0) is 26.3 Å². The first-order valence-corrected chi connectivity index (χ1v) is 10.3. The lowest BCUT2D eigenvalue weighted by molar-refractivity contribution is -0.144. The Hall–Kier alpha value is -2.66. The van der Waals surface area contributed by atoms with E-state index in [4.69, 9.17) is 4.74 Å². The van der Waals surface area contributed by atoms with Gasteiger partial charge in [-0.25, -0.2) is 0 Å². The number of rotatable bonds is 5. The van der Waals surface area contributed by atoms with Crippen molar-refractivity contribution < 1.29 is 14.3 Å². The van der Waals surface area contributed by atoms with Crippen molar-refractivity contribution in [3.63, 3.8) is 0 Å². The number of likely N-dealkylation sites (tertiary alicyclic amines) is 1. The number of para-hydroxylation sites is 1. The molecule has 0 saturated carbocycles. The summed E-state index contributed by atoms with van der Waals surface area (Å²) < 4.78 is 4.88. The van der Waals surface area contributed by atoms with Gasteiger partial charge in [0.15, 0.2) is 0 Å². The van der Waals surface area contributed by atoms with Crippen LogP contribution in [-0.4, -0.2) is 43.0 Å². The summed E-state index contributed by atoms with van der Waals surface area (Å²) in [4.78, 5) is 29.9. The normalized spacial score (nSPS) is 22.6. The smallest absolute Gasteiger partial charge is 0.306 e. The minimum absolute atomic E-state index is 0.0191. The van der Waals surface area contributed by atoms with E-state index in [1.807, 2.05) is 42.2 Å². The monoisotopic (exact) mass is 392 g/mol. The number of ether oxygens (including phenoxy) is 1. The van der Waals surface area contributed by atoms with Crippen LogP contribution in [0.25, 0.3) is 0 Å². The van der Waals surface area contributed by atoms with Crippen molar-refractivity contribution in [2.75, 3.05) is 25.1 Å². The van der Waals surface area contributed by atoms with E-state index in [-0.39, 0.29) is 24.3 Å². The number of hydrogen-bond acceptors (Lipinski definition) is 4. The zero-order valence-electron chi connectivity index (χ0n) is 17.1. The van der Waals surface area contributed by atoms with Gasteiger partial charge in [-0.05, 0) is 37.0 Å². The van der Waals surface area contributed by atoms with Gasteiger partial charge >= 0.3 is 5.97 Å². The highest BCUT2D eigenvalue weighted by Gasteiger charge is 2.50. The minimum atomic E-state index is -0.856. The summed E-state index contributed by atoms with van der Waals surface area (Å²) in [7, 11) is 1.37. The predicted molar refractivity (Wildman–Crippen MR) is 113 cm³/mol. The number of nitrogens with zero attached hydrogens (tertiary/aromatic N) is 2. The molecule has 5 heteroatoms. The number of carbonyl (C=O) groups is 2. The Morgan fingerprint density at radius 2 is 1.72 bits per heavy atom. The lowest BCUT2D eigenvalue weighted by Gasteiger charge is -2.37. The second-order valence-electron chi connectivity index (χ2n) is 8.27. The maximum atomic E-state index is 13.5. The van der Waals surface area contributed by atoms with Crippen molar-refractivity contribution in [2.24, 2.45) is 0 Å². The van der Waals surface area contributed by atoms with Crippen LogP contribution in [0.1, 0.15) is 37.3 Å². The van der Waals surface area contributed by atoms with Crippen LogP contribution in [0.4, 0.5) is 5.69 Å². The van der Waals surface area contributed by atoms with Gasteiger partial charge < -0.3 is 9.64 Å². The number of methoxy groups -OCH3 is 1. The van der Waals surface area contributed by atoms with Gasteiger partial charge in [0.1, 0.15) is 0 Å². The van der Waals surface area contributed by atoms with Gasteiger partial charge in [-0.15, -0.1) is 0 Å². The molecule has 2 aliphatic heterocycles. The summed E-state index contributed by atoms with van der Waals surface area (Å²) in [5.41, 5.74) is 2.34. The Bertz CT molecular complexity index is 890. The molecule has 2 aromatic carbocycles. The molecule has 0 bridgehead atoms. The summed E-state index contributed by atoms with van der Waals surface area (Å²) in [6.45, 7) is 4.73. The lowest BCUT2D eigenvalue weighted by atomic mass is 9.80. The third kappa shape index (κ3) is 3.67. The molecule has 2 heterocycles. The average Bonchev–Trinajstić information content (AvgIpc) is 2.96. The molecule has 0 N–H and O–H groups in total. The Morgan fingerprint density at radius 1 is 1.07 bits per heavy atom. The Balaban J connectivity index is 1.50. The first kappa shape index (κ1) is 19.6. The molecule has 1 amide bonds. The highest BCUT2D eigenvalue weighted by molar-refractivity contribution is 6.09. The van der Waals surface area contributed by atoms with Crippen LogP contribution in [0, 0.1) is 0 Å². The third-order valence-electron chi connectivity index (χ3n) is 6.35. The number of carbonyl (C=O) groups excluding carboxylic acids is 2. The lowest BCUT2D eigenvalue weighted by Crippen LogP contribution is -2.49. The molecule has 0 spiro atoms. The zero-order valence-corrected chi connectivity index (χ0v) is 17.1. The number of anilines is 1. The third-order valence-corrected chi connectivity index (χ3v) is 6.35. The molecular formula is C24H28N2O3. The molecule has 0 aromatic heterocycles. The van der Waals surface area contributed by atoms with Gasteiger partial charge in [-0.3, -0.25) is 14.5 Å². The number of fused-ring (bicyclic) bond motifs is 1. The SMILES string of the molecule is COC(=O)CC1(C)C(=O)N(C2CCN(Cc3ccccc3)CC2)c2ccccc21. The summed E-state index contributed by atoms with van der Waals surface area (Å²) in [5, 5.41) is 0. The van der Waals surface area contributed by atoms with Gasteiger partial charge in [0, 0.05) is 31.4 Å². The maximum Gasteiger partial charge on any atom is 0.306 e. The molecule has 152 valence electrons. The van der Waals surface area contributed by atoms with E-state index < -0.39 is 5.41 Å². The number of benzene rings is 2. The highest BCUT2D eigenvalue weighted by Crippen LogP contribution is 2.46. The van der Waals surface area contributed by atoms with E-state index >= 15 is 0 Å². The molecular weight excluding hydrogens is 364 g/mol. The number of amides is 1. The first-order valence-electron chi connectivity index (χ1n) is 10.3. The Labute approximate surface area is 172 Å². The molecule has 1 unspecified atom stereocenters. The van der Waals surface area contributed by atoms with Crippen LogP contribution in [0.3, 0.4) is 0 Å². The number of hydrogen-bond donors (Lipinski definition) is 0. The number of esters is 1. The van der Waals surface area contributed by atoms with E-state index in [1.54, 1.807) is 0 Å². The summed E-state index contributed by atoms with van der Waals surface area (Å²) in [6, 6.07) is 18.5. The molecule has 0 aliphatic carbocycles. The standard InChI is InChI=1S/C24H28N2O3/c1-24(16-22(27)29-2)20-10-6-7-11-21(20)26(23(24)28)19-12-14-25(15-13-19)17-18-8-4-3-5-9-18/h3-11,19H,12-17H2,1-2H3. The first-order chi connectivity index (χ1) is 14.0. The molecule has 0 radical (unpaired) electrons. The van der Waals surface area contributed by atoms with Crippen LogP contribution in [0.5, 0.6) is 0 Å². The molecule has 2 aromatic rings. The molecule has 4 rings (SSSR count). The second kappa shape index (κ2) is 7.99. The largest absolute Gasteiger partial charge is 0.469 e. The summed E-state index contributed by atoms with van der Waals surface area (Å²) in [5.74, 6) is -0.333. The van der Waals surface area contributed by atoms with Crippen molar-refractivity contribution in [1.29, 1.82) is 0 Å². The van der Waals surface area contributed by atoms with Crippen molar-refractivity contribution in [2.45, 2.75) is 44.2 Å².